The third-order valence-electron chi connectivity index (χ3n) is 2.11. The summed E-state index contributed by atoms with van der Waals surface area (Å²) in [5, 5.41) is 0.478. The summed E-state index contributed by atoms with van der Waals surface area (Å²) in [4.78, 5) is 6.01. The predicted octanol–water partition coefficient (Wildman–Crippen LogP) is 2.34. The fourth-order valence-corrected chi connectivity index (χ4v) is 1.35. The first-order valence-electron chi connectivity index (χ1n) is 4.66. The maximum absolute atomic E-state index is 5.82. The van der Waals surface area contributed by atoms with E-state index in [0.717, 1.165) is 24.3 Å². The van der Waals surface area contributed by atoms with Crippen LogP contribution in [0.4, 0.5) is 5.69 Å². The molecule has 1 aromatic rings. The first-order chi connectivity index (χ1) is 6.66. The van der Waals surface area contributed by atoms with E-state index in [9.17, 15) is 0 Å². The minimum Gasteiger partial charge on any atom is -0.488 e. The van der Waals surface area contributed by atoms with Gasteiger partial charge in [-0.25, -0.2) is 4.98 Å². The van der Waals surface area contributed by atoms with Crippen molar-refractivity contribution in [3.63, 3.8) is 0 Å². The minimum atomic E-state index is 0.382. The van der Waals surface area contributed by atoms with Crippen LogP contribution in [-0.2, 0) is 0 Å². The summed E-state index contributed by atoms with van der Waals surface area (Å²) in [7, 11) is 3.93. The van der Waals surface area contributed by atoms with Crippen LogP contribution >= 0.6 is 11.6 Å². The monoisotopic (exact) mass is 212 g/mol. The standard InChI is InChI=1S/C10H13ClN2O/c1-13(2)8-6-12-10(11)5-9(8)14-7-3-4-7/h5-7H,3-4H2,1-2H3. The molecule has 0 aliphatic heterocycles. The molecular weight excluding hydrogens is 200 g/mol. The van der Waals surface area contributed by atoms with Crippen molar-refractivity contribution in [2.24, 2.45) is 0 Å². The van der Waals surface area contributed by atoms with Crippen molar-refractivity contribution in [1.82, 2.24) is 4.98 Å². The Morgan fingerprint density at radius 3 is 2.79 bits per heavy atom. The van der Waals surface area contributed by atoms with E-state index < -0.39 is 0 Å². The van der Waals surface area contributed by atoms with Gasteiger partial charge in [-0.1, -0.05) is 11.6 Å². The Bertz CT molecular complexity index is 337. The average Bonchev–Trinajstić information content (AvgIpc) is 2.87. The number of pyridine rings is 1. The molecule has 1 heterocycles. The summed E-state index contributed by atoms with van der Waals surface area (Å²) in [5.41, 5.74) is 0.973. The number of anilines is 1. The highest BCUT2D eigenvalue weighted by atomic mass is 35.5. The smallest absolute Gasteiger partial charge is 0.147 e. The van der Waals surface area contributed by atoms with Crippen LogP contribution in [0.2, 0.25) is 5.15 Å². The number of ether oxygens (including phenoxy) is 1. The second kappa shape index (κ2) is 3.65. The van der Waals surface area contributed by atoms with E-state index in [0.29, 0.717) is 11.3 Å². The highest BCUT2D eigenvalue weighted by molar-refractivity contribution is 6.29. The van der Waals surface area contributed by atoms with Crippen molar-refractivity contribution < 1.29 is 4.74 Å². The molecular formula is C10H13ClN2O. The summed E-state index contributed by atoms with van der Waals surface area (Å²) >= 11 is 5.82. The van der Waals surface area contributed by atoms with Crippen molar-refractivity contribution in [2.75, 3.05) is 19.0 Å². The number of rotatable bonds is 3. The van der Waals surface area contributed by atoms with E-state index in [1.54, 1.807) is 12.3 Å². The summed E-state index contributed by atoms with van der Waals surface area (Å²) in [5.74, 6) is 0.831. The first-order valence-corrected chi connectivity index (χ1v) is 5.04. The number of halogens is 1. The van der Waals surface area contributed by atoms with Crippen LogP contribution in [0.15, 0.2) is 12.3 Å². The Kier molecular flexibility index (Phi) is 2.50. The third kappa shape index (κ3) is 2.10. The number of nitrogens with zero attached hydrogens (tertiary/aromatic N) is 2. The van der Waals surface area contributed by atoms with Gasteiger partial charge in [-0.2, -0.15) is 0 Å². The highest BCUT2D eigenvalue weighted by Gasteiger charge is 2.25. The van der Waals surface area contributed by atoms with Crippen LogP contribution in [0, 0.1) is 0 Å². The fraction of sp³-hybridized carbons (Fsp3) is 0.500. The van der Waals surface area contributed by atoms with Crippen LogP contribution < -0.4 is 9.64 Å². The Hall–Kier alpha value is -0.960. The third-order valence-corrected chi connectivity index (χ3v) is 2.32. The molecule has 0 unspecified atom stereocenters. The molecule has 0 radical (unpaired) electrons. The van der Waals surface area contributed by atoms with Gasteiger partial charge in [0.2, 0.25) is 0 Å². The van der Waals surface area contributed by atoms with Gasteiger partial charge < -0.3 is 9.64 Å². The van der Waals surface area contributed by atoms with Gasteiger partial charge in [0.05, 0.1) is 18.0 Å². The predicted molar refractivity (Wildman–Crippen MR) is 57.2 cm³/mol. The largest absolute Gasteiger partial charge is 0.488 e. The highest BCUT2D eigenvalue weighted by Crippen LogP contribution is 2.34. The minimum absolute atomic E-state index is 0.382. The fourth-order valence-electron chi connectivity index (χ4n) is 1.20. The molecule has 3 nitrogen and oxygen atoms in total. The van der Waals surface area contributed by atoms with Crippen molar-refractivity contribution >= 4 is 17.3 Å². The Morgan fingerprint density at radius 1 is 1.50 bits per heavy atom. The lowest BCUT2D eigenvalue weighted by Crippen LogP contribution is -2.11. The van der Waals surface area contributed by atoms with Crippen LogP contribution in [-0.4, -0.2) is 25.2 Å². The van der Waals surface area contributed by atoms with Crippen LogP contribution in [0.25, 0.3) is 0 Å². The van der Waals surface area contributed by atoms with E-state index in [1.165, 1.54) is 0 Å². The molecule has 2 rings (SSSR count). The molecule has 14 heavy (non-hydrogen) atoms. The maximum Gasteiger partial charge on any atom is 0.147 e. The summed E-state index contributed by atoms with van der Waals surface area (Å²) in [6, 6.07) is 1.77. The Morgan fingerprint density at radius 2 is 2.21 bits per heavy atom. The molecule has 0 bridgehead atoms. The second-order valence-electron chi connectivity index (χ2n) is 3.69. The molecule has 4 heteroatoms. The molecule has 0 N–H and O–H groups in total. The summed E-state index contributed by atoms with van der Waals surface area (Å²) < 4.78 is 5.73. The zero-order chi connectivity index (χ0) is 10.1. The van der Waals surface area contributed by atoms with Crippen LogP contribution in [0.5, 0.6) is 5.75 Å². The molecule has 76 valence electrons. The molecule has 0 aromatic carbocycles. The van der Waals surface area contributed by atoms with Crippen molar-refractivity contribution in [2.45, 2.75) is 18.9 Å². The first kappa shape index (κ1) is 9.59. The van der Waals surface area contributed by atoms with Gasteiger partial charge in [0.25, 0.3) is 0 Å². The zero-order valence-corrected chi connectivity index (χ0v) is 9.08. The maximum atomic E-state index is 5.82. The quantitative estimate of drug-likeness (QED) is 0.720. The number of hydrogen-bond acceptors (Lipinski definition) is 3. The van der Waals surface area contributed by atoms with Gasteiger partial charge in [0.15, 0.2) is 0 Å². The zero-order valence-electron chi connectivity index (χ0n) is 8.33. The lowest BCUT2D eigenvalue weighted by atomic mass is 10.3. The van der Waals surface area contributed by atoms with Crippen molar-refractivity contribution in [3.8, 4) is 5.75 Å². The Labute approximate surface area is 88.6 Å². The van der Waals surface area contributed by atoms with Gasteiger partial charge in [-0.3, -0.25) is 0 Å². The van der Waals surface area contributed by atoms with E-state index in [-0.39, 0.29) is 0 Å². The van der Waals surface area contributed by atoms with Gasteiger partial charge in [-0.15, -0.1) is 0 Å². The number of hydrogen-bond donors (Lipinski definition) is 0. The molecule has 1 saturated carbocycles. The molecule has 1 aliphatic rings. The normalized spacial score (nSPS) is 15.4. The lowest BCUT2D eigenvalue weighted by molar-refractivity contribution is 0.303. The molecule has 0 atom stereocenters. The van der Waals surface area contributed by atoms with Crippen molar-refractivity contribution in [1.29, 1.82) is 0 Å². The second-order valence-corrected chi connectivity index (χ2v) is 4.07. The summed E-state index contributed by atoms with van der Waals surface area (Å²) in [6.07, 6.45) is 4.41. The molecule has 1 aliphatic carbocycles. The molecule has 1 aromatic heterocycles. The average molecular weight is 213 g/mol. The van der Waals surface area contributed by atoms with Gasteiger partial charge in [-0.05, 0) is 12.8 Å². The number of aromatic nitrogens is 1. The van der Waals surface area contributed by atoms with E-state index in [1.807, 2.05) is 19.0 Å². The van der Waals surface area contributed by atoms with Gasteiger partial charge >= 0.3 is 0 Å². The Balaban J connectivity index is 2.27. The van der Waals surface area contributed by atoms with Gasteiger partial charge in [0, 0.05) is 20.2 Å². The van der Waals surface area contributed by atoms with E-state index in [4.69, 9.17) is 16.3 Å². The van der Waals surface area contributed by atoms with E-state index in [2.05, 4.69) is 4.98 Å². The van der Waals surface area contributed by atoms with Crippen LogP contribution in [0.3, 0.4) is 0 Å². The topological polar surface area (TPSA) is 25.4 Å². The van der Waals surface area contributed by atoms with Crippen LogP contribution in [0.1, 0.15) is 12.8 Å². The summed E-state index contributed by atoms with van der Waals surface area (Å²) in [6.45, 7) is 0. The molecule has 0 amide bonds. The van der Waals surface area contributed by atoms with Gasteiger partial charge in [0.1, 0.15) is 10.9 Å². The SMILES string of the molecule is CN(C)c1cnc(Cl)cc1OC1CC1. The molecule has 1 fully saturated rings. The molecule has 0 spiro atoms. The van der Waals surface area contributed by atoms with E-state index >= 15 is 0 Å². The molecule has 0 saturated heterocycles. The lowest BCUT2D eigenvalue weighted by Gasteiger charge is -2.17. The van der Waals surface area contributed by atoms with Crippen molar-refractivity contribution in [3.05, 3.63) is 17.4 Å².